The summed E-state index contributed by atoms with van der Waals surface area (Å²) in [5.74, 6) is 0. The lowest BCUT2D eigenvalue weighted by Crippen LogP contribution is -2.22. The van der Waals surface area contributed by atoms with Crippen molar-refractivity contribution in [1.82, 2.24) is 19.8 Å². The molecule has 0 radical (unpaired) electrons. The highest BCUT2D eigenvalue weighted by Gasteiger charge is 2.12. The highest BCUT2D eigenvalue weighted by Crippen LogP contribution is 2.20. The maximum absolute atomic E-state index is 12.3. The molecule has 3 rings (SSSR count). The topological polar surface area (TPSA) is 60.2 Å². The molecule has 20 heavy (non-hydrogen) atoms. The van der Waals surface area contributed by atoms with Crippen molar-refractivity contribution in [2.45, 2.75) is 10.8 Å². The monoisotopic (exact) mass is 324 g/mol. The van der Waals surface area contributed by atoms with E-state index in [1.54, 1.807) is 12.1 Å². The van der Waals surface area contributed by atoms with Crippen LogP contribution in [-0.4, -0.2) is 26.1 Å². The molecule has 0 aliphatic heterocycles. The number of nitrogens with zero attached hydrogens (tertiary/aromatic N) is 4. The molecule has 102 valence electrons. The molecule has 5 nitrogen and oxygen atoms in total. The van der Waals surface area contributed by atoms with E-state index < -0.39 is 0 Å². The highest BCUT2D eigenvalue weighted by atomic mass is 35.5. The first-order valence-electron chi connectivity index (χ1n) is 5.71. The first-order valence-corrected chi connectivity index (χ1v) is 8.13. The second-order valence-electron chi connectivity index (χ2n) is 4.02. The Hall–Kier alpha value is -1.44. The zero-order valence-electron chi connectivity index (χ0n) is 10.4. The van der Waals surface area contributed by atoms with E-state index in [1.165, 1.54) is 27.6 Å². The Bertz CT molecular complexity index is 812. The fraction of sp³-hybridized carbons (Fsp3) is 0.167. The summed E-state index contributed by atoms with van der Waals surface area (Å²) >= 11 is 8.67. The minimum atomic E-state index is -0.221. The molecule has 0 bridgehead atoms. The molecule has 0 atom stereocenters. The summed E-state index contributed by atoms with van der Waals surface area (Å²) in [7, 11) is 0. The number of halogens is 1. The van der Waals surface area contributed by atoms with E-state index in [-0.39, 0.29) is 5.56 Å². The van der Waals surface area contributed by atoms with E-state index >= 15 is 0 Å². The molecule has 0 aliphatic carbocycles. The van der Waals surface area contributed by atoms with Crippen molar-refractivity contribution >= 4 is 39.7 Å². The number of hydrogen-bond acceptors (Lipinski definition) is 6. The molecule has 2 heterocycles. The second kappa shape index (κ2) is 5.51. The third kappa shape index (κ3) is 2.56. The third-order valence-electron chi connectivity index (χ3n) is 2.70. The maximum Gasteiger partial charge on any atom is 0.297 e. The molecular weight excluding hydrogens is 316 g/mol. The lowest BCUT2D eigenvalue weighted by Gasteiger charge is -2.00. The number of hydrogen-bond donors (Lipinski definition) is 0. The van der Waals surface area contributed by atoms with Crippen molar-refractivity contribution < 1.29 is 0 Å². The Morgan fingerprint density at radius 1 is 1.30 bits per heavy atom. The molecule has 0 amide bonds. The van der Waals surface area contributed by atoms with Gasteiger partial charge in [0.2, 0.25) is 4.96 Å². The van der Waals surface area contributed by atoms with E-state index in [0.717, 1.165) is 9.90 Å². The van der Waals surface area contributed by atoms with Crippen LogP contribution >= 0.6 is 34.7 Å². The van der Waals surface area contributed by atoms with Crippen LogP contribution in [0.5, 0.6) is 0 Å². The van der Waals surface area contributed by atoms with Gasteiger partial charge in [-0.15, -0.1) is 15.3 Å². The van der Waals surface area contributed by atoms with Gasteiger partial charge in [-0.1, -0.05) is 46.8 Å². The molecule has 0 N–H and O–H groups in total. The molecule has 0 saturated heterocycles. The summed E-state index contributed by atoms with van der Waals surface area (Å²) in [6.07, 6.45) is 2.32. The van der Waals surface area contributed by atoms with Crippen LogP contribution < -0.4 is 5.56 Å². The van der Waals surface area contributed by atoms with Gasteiger partial charge in [0.05, 0.1) is 0 Å². The number of rotatable bonds is 3. The lowest BCUT2D eigenvalue weighted by molar-refractivity contribution is 0.788. The Morgan fingerprint density at radius 3 is 2.75 bits per heavy atom. The maximum atomic E-state index is 12.3. The van der Waals surface area contributed by atoms with E-state index in [4.69, 9.17) is 11.6 Å². The van der Waals surface area contributed by atoms with Gasteiger partial charge in [0, 0.05) is 11.4 Å². The van der Waals surface area contributed by atoms with Crippen molar-refractivity contribution in [3.05, 3.63) is 50.9 Å². The number of aromatic nitrogens is 4. The van der Waals surface area contributed by atoms with Gasteiger partial charge in [0.15, 0.2) is 4.34 Å². The average Bonchev–Trinajstić information content (AvgIpc) is 2.88. The zero-order valence-corrected chi connectivity index (χ0v) is 12.8. The normalized spacial score (nSPS) is 11.1. The fourth-order valence-corrected chi connectivity index (χ4v) is 3.14. The molecule has 0 aliphatic rings. The molecular formula is C12H9ClN4OS2. The zero-order chi connectivity index (χ0) is 14.1. The Kier molecular flexibility index (Phi) is 3.73. The van der Waals surface area contributed by atoms with Gasteiger partial charge >= 0.3 is 0 Å². The minimum absolute atomic E-state index is 0.221. The molecule has 2 aromatic heterocycles. The van der Waals surface area contributed by atoms with Gasteiger partial charge in [-0.3, -0.25) is 4.79 Å². The van der Waals surface area contributed by atoms with Crippen LogP contribution in [0.25, 0.3) is 4.96 Å². The van der Waals surface area contributed by atoms with Crippen LogP contribution in [0.3, 0.4) is 0 Å². The quantitative estimate of drug-likeness (QED) is 0.693. The van der Waals surface area contributed by atoms with Crippen molar-refractivity contribution in [2.75, 3.05) is 6.26 Å². The van der Waals surface area contributed by atoms with Crippen molar-refractivity contribution in [3.8, 4) is 0 Å². The second-order valence-corrected chi connectivity index (χ2v) is 6.47. The van der Waals surface area contributed by atoms with Crippen LogP contribution in [0.4, 0.5) is 0 Å². The lowest BCUT2D eigenvalue weighted by atomic mass is 10.1. The predicted octanol–water partition coefficient (Wildman–Crippen LogP) is 2.51. The molecule has 0 spiro atoms. The van der Waals surface area contributed by atoms with Crippen LogP contribution in [0.1, 0.15) is 11.3 Å². The molecule has 0 unspecified atom stereocenters. The van der Waals surface area contributed by atoms with E-state index in [0.29, 0.717) is 22.1 Å². The van der Waals surface area contributed by atoms with Crippen molar-refractivity contribution in [3.63, 3.8) is 0 Å². The Labute approximate surface area is 127 Å². The predicted molar refractivity (Wildman–Crippen MR) is 81.0 cm³/mol. The van der Waals surface area contributed by atoms with E-state index in [9.17, 15) is 4.79 Å². The van der Waals surface area contributed by atoms with Crippen molar-refractivity contribution in [2.24, 2.45) is 0 Å². The van der Waals surface area contributed by atoms with Crippen LogP contribution in [0.15, 0.2) is 33.4 Å². The molecule has 8 heteroatoms. The third-order valence-corrected chi connectivity index (χ3v) is 4.82. The summed E-state index contributed by atoms with van der Waals surface area (Å²) in [5, 5.41) is 12.9. The summed E-state index contributed by atoms with van der Waals surface area (Å²) in [6, 6.07) is 7.31. The Morgan fingerprint density at radius 2 is 2.05 bits per heavy atom. The summed E-state index contributed by atoms with van der Waals surface area (Å²) < 4.78 is 2.11. The van der Waals surface area contributed by atoms with Gasteiger partial charge in [-0.2, -0.15) is 4.52 Å². The summed E-state index contributed by atoms with van der Waals surface area (Å²) in [4.78, 5) is 12.8. The van der Waals surface area contributed by atoms with Crippen LogP contribution in [0, 0.1) is 0 Å². The molecule has 0 fully saturated rings. The number of fused-ring (bicyclic) bond motifs is 1. The van der Waals surface area contributed by atoms with Gasteiger partial charge in [-0.05, 0) is 24.0 Å². The van der Waals surface area contributed by atoms with Crippen molar-refractivity contribution in [1.29, 1.82) is 0 Å². The summed E-state index contributed by atoms with van der Waals surface area (Å²) in [6.45, 7) is 0. The molecule has 0 saturated carbocycles. The van der Waals surface area contributed by atoms with Gasteiger partial charge in [-0.25, -0.2) is 0 Å². The standard InChI is InChI=1S/C12H9ClN4OS2/c1-19-12-16-17-10(18)9(14-15-11(17)20-12)6-7-2-4-8(13)5-3-7/h2-5H,6H2,1H3. The average molecular weight is 325 g/mol. The van der Waals surface area contributed by atoms with Gasteiger partial charge in [0.25, 0.3) is 5.56 Å². The largest absolute Gasteiger partial charge is 0.297 e. The SMILES string of the molecule is CSc1nn2c(=O)c(Cc3ccc(Cl)cc3)nnc2s1. The highest BCUT2D eigenvalue weighted by molar-refractivity contribution is 8.00. The fourth-order valence-electron chi connectivity index (χ4n) is 1.72. The smallest absolute Gasteiger partial charge is 0.265 e. The van der Waals surface area contributed by atoms with Gasteiger partial charge in [0.1, 0.15) is 5.69 Å². The summed E-state index contributed by atoms with van der Waals surface area (Å²) in [5.41, 5.74) is 1.12. The minimum Gasteiger partial charge on any atom is -0.265 e. The number of thioether (sulfide) groups is 1. The van der Waals surface area contributed by atoms with E-state index in [2.05, 4.69) is 15.3 Å². The van der Waals surface area contributed by atoms with Gasteiger partial charge < -0.3 is 0 Å². The van der Waals surface area contributed by atoms with Crippen LogP contribution in [0.2, 0.25) is 5.02 Å². The van der Waals surface area contributed by atoms with Crippen LogP contribution in [-0.2, 0) is 6.42 Å². The first kappa shape index (κ1) is 13.5. The number of benzene rings is 1. The van der Waals surface area contributed by atoms with E-state index in [1.807, 2.05) is 18.4 Å². The Balaban J connectivity index is 2.01. The first-order chi connectivity index (χ1) is 9.67. The molecule has 3 aromatic rings. The molecule has 1 aromatic carbocycles.